The maximum absolute atomic E-state index is 12.5. The van der Waals surface area contributed by atoms with Crippen LogP contribution in [0.25, 0.3) is 0 Å². The average molecular weight is 462 g/mol. The first kappa shape index (κ1) is 23.0. The van der Waals surface area contributed by atoms with Crippen LogP contribution >= 0.6 is 0 Å². The first-order chi connectivity index (χ1) is 15.1. The first-order valence-electron chi connectivity index (χ1n) is 9.63. The van der Waals surface area contributed by atoms with Gasteiger partial charge in [0.2, 0.25) is 5.91 Å². The van der Waals surface area contributed by atoms with Gasteiger partial charge in [-0.05, 0) is 30.7 Å². The number of carbonyl (C=O) groups is 4. The molecule has 11 nitrogen and oxygen atoms in total. The Kier molecular flexibility index (Phi) is 6.93. The Morgan fingerprint density at radius 3 is 2.59 bits per heavy atom. The number of nitrogens with one attached hydrogen (secondary N) is 3. The lowest BCUT2D eigenvalue weighted by molar-refractivity contribution is -0.130. The second kappa shape index (κ2) is 9.64. The van der Waals surface area contributed by atoms with Gasteiger partial charge in [0, 0.05) is 6.26 Å². The van der Waals surface area contributed by atoms with Gasteiger partial charge < -0.3 is 20.4 Å². The van der Waals surface area contributed by atoms with Crippen molar-refractivity contribution in [3.63, 3.8) is 0 Å². The van der Waals surface area contributed by atoms with Crippen molar-refractivity contribution in [3.05, 3.63) is 54.0 Å². The summed E-state index contributed by atoms with van der Waals surface area (Å²) in [7, 11) is -3.31. The van der Waals surface area contributed by atoms with Gasteiger partial charge in [-0.15, -0.1) is 0 Å². The van der Waals surface area contributed by atoms with Crippen molar-refractivity contribution >= 4 is 39.3 Å². The summed E-state index contributed by atoms with van der Waals surface area (Å²) in [4.78, 5) is 50.2. The van der Waals surface area contributed by atoms with E-state index in [0.717, 1.165) is 6.26 Å². The Hall–Kier alpha value is -3.67. The van der Waals surface area contributed by atoms with E-state index in [4.69, 9.17) is 4.42 Å². The lowest BCUT2D eigenvalue weighted by Crippen LogP contribution is -2.39. The van der Waals surface area contributed by atoms with Crippen molar-refractivity contribution in [1.82, 2.24) is 15.5 Å². The molecule has 1 aromatic heterocycles. The number of urea groups is 1. The number of imide groups is 1. The van der Waals surface area contributed by atoms with E-state index >= 15 is 0 Å². The maximum Gasteiger partial charge on any atom is 0.325 e. The van der Waals surface area contributed by atoms with Crippen LogP contribution < -0.4 is 16.0 Å². The molecule has 1 aliphatic heterocycles. The van der Waals surface area contributed by atoms with Crippen LogP contribution in [0, 0.1) is 0 Å². The molecule has 32 heavy (non-hydrogen) atoms. The minimum Gasteiger partial charge on any atom is -0.467 e. The molecule has 3 rings (SSSR count). The molecule has 3 N–H and O–H groups in total. The highest BCUT2D eigenvalue weighted by Crippen LogP contribution is 2.16. The number of carbonyl (C=O) groups excluding carboxylic acids is 4. The minimum atomic E-state index is -3.31. The van der Waals surface area contributed by atoms with Crippen LogP contribution in [0.3, 0.4) is 0 Å². The summed E-state index contributed by atoms with van der Waals surface area (Å²) >= 11 is 0. The van der Waals surface area contributed by atoms with Crippen LogP contribution in [0.4, 0.5) is 10.5 Å². The van der Waals surface area contributed by atoms with Gasteiger partial charge in [0.1, 0.15) is 28.2 Å². The van der Waals surface area contributed by atoms with Gasteiger partial charge >= 0.3 is 6.03 Å². The van der Waals surface area contributed by atoms with Gasteiger partial charge in [-0.25, -0.2) is 13.2 Å². The van der Waals surface area contributed by atoms with Crippen molar-refractivity contribution in [3.8, 4) is 0 Å². The topological polar surface area (TPSA) is 155 Å². The zero-order valence-electron chi connectivity index (χ0n) is 17.2. The van der Waals surface area contributed by atoms with Gasteiger partial charge in [0.25, 0.3) is 11.8 Å². The van der Waals surface area contributed by atoms with Gasteiger partial charge in [-0.2, -0.15) is 0 Å². The van der Waals surface area contributed by atoms with E-state index in [1.54, 1.807) is 24.3 Å². The van der Waals surface area contributed by atoms with Crippen LogP contribution in [0.5, 0.6) is 0 Å². The van der Waals surface area contributed by atoms with Gasteiger partial charge in [-0.3, -0.25) is 19.3 Å². The second-order valence-corrected chi connectivity index (χ2v) is 9.46. The lowest BCUT2D eigenvalue weighted by atomic mass is 10.1. The van der Waals surface area contributed by atoms with Crippen molar-refractivity contribution < 1.29 is 32.0 Å². The fraction of sp³-hybridized carbons (Fsp3) is 0.300. The molecule has 0 radical (unpaired) electrons. The second-order valence-electron chi connectivity index (χ2n) is 7.20. The molecule has 12 heteroatoms. The summed E-state index contributed by atoms with van der Waals surface area (Å²) in [6.45, 7) is -0.423. The van der Waals surface area contributed by atoms with Crippen molar-refractivity contribution in [2.24, 2.45) is 0 Å². The third-order valence-electron chi connectivity index (χ3n) is 4.64. The number of para-hydroxylation sites is 1. The van der Waals surface area contributed by atoms with Gasteiger partial charge in [0.05, 0.1) is 29.8 Å². The Labute approximate surface area is 184 Å². The molecule has 5 amide bonds. The Bertz CT molecular complexity index is 1130. The van der Waals surface area contributed by atoms with Crippen molar-refractivity contribution in [1.29, 1.82) is 0 Å². The molecule has 2 heterocycles. The SMILES string of the molecule is CS(=O)(=O)CC[C@H]1NC(=O)N(CC(=O)Nc2ccccc2C(=O)NCc2ccco2)C1=O. The fourth-order valence-electron chi connectivity index (χ4n) is 3.05. The van der Waals surface area contributed by atoms with Gasteiger partial charge in [-0.1, -0.05) is 12.1 Å². The zero-order chi connectivity index (χ0) is 23.3. The van der Waals surface area contributed by atoms with E-state index in [1.807, 2.05) is 0 Å². The quantitative estimate of drug-likeness (QED) is 0.458. The predicted octanol–water partition coefficient (Wildman–Crippen LogP) is 0.503. The molecule has 0 saturated carbocycles. The van der Waals surface area contributed by atoms with E-state index in [1.165, 1.54) is 18.4 Å². The third kappa shape index (κ3) is 5.94. The highest BCUT2D eigenvalue weighted by molar-refractivity contribution is 7.90. The summed E-state index contributed by atoms with van der Waals surface area (Å²) in [5, 5.41) is 7.58. The summed E-state index contributed by atoms with van der Waals surface area (Å²) in [5.41, 5.74) is 0.394. The summed E-state index contributed by atoms with van der Waals surface area (Å²) in [5.74, 6) is -1.54. The lowest BCUT2D eigenvalue weighted by Gasteiger charge is -2.15. The van der Waals surface area contributed by atoms with Crippen LogP contribution in [0.15, 0.2) is 47.1 Å². The van der Waals surface area contributed by atoms with Crippen molar-refractivity contribution in [2.75, 3.05) is 23.9 Å². The molecular formula is C20H22N4O7S. The number of sulfone groups is 1. The number of hydrogen-bond donors (Lipinski definition) is 3. The first-order valence-corrected chi connectivity index (χ1v) is 11.7. The van der Waals surface area contributed by atoms with Crippen molar-refractivity contribution in [2.45, 2.75) is 19.0 Å². The molecular weight excluding hydrogens is 440 g/mol. The highest BCUT2D eigenvalue weighted by atomic mass is 32.2. The largest absolute Gasteiger partial charge is 0.467 e. The smallest absolute Gasteiger partial charge is 0.325 e. The molecule has 2 aromatic rings. The maximum atomic E-state index is 12.5. The van der Waals surface area contributed by atoms with Crippen LogP contribution in [0.1, 0.15) is 22.5 Å². The number of rotatable bonds is 9. The molecule has 1 atom stereocenters. The van der Waals surface area contributed by atoms with E-state index < -0.39 is 46.2 Å². The van der Waals surface area contributed by atoms with Crippen LogP contribution in [-0.4, -0.2) is 61.7 Å². The number of hydrogen-bond acceptors (Lipinski definition) is 7. The van der Waals surface area contributed by atoms with E-state index in [2.05, 4.69) is 16.0 Å². The van der Waals surface area contributed by atoms with Crippen LogP contribution in [0.2, 0.25) is 0 Å². The predicted molar refractivity (Wildman–Crippen MR) is 113 cm³/mol. The standard InChI is InChI=1S/C20H22N4O7S/c1-32(29,30)10-8-16-19(27)24(20(28)23-16)12-17(25)22-15-7-3-2-6-14(15)18(26)21-11-13-5-4-9-31-13/h2-7,9,16H,8,10-12H2,1H3,(H,21,26)(H,22,25)(H,23,28)/t16-/m1/s1. The Balaban J connectivity index is 1.61. The molecule has 0 spiro atoms. The molecule has 1 aromatic carbocycles. The number of benzene rings is 1. The Morgan fingerprint density at radius 2 is 1.91 bits per heavy atom. The molecule has 170 valence electrons. The summed E-state index contributed by atoms with van der Waals surface area (Å²) < 4.78 is 27.8. The summed E-state index contributed by atoms with van der Waals surface area (Å²) in [6.07, 6.45) is 2.43. The number of furan rings is 1. The average Bonchev–Trinajstić information content (AvgIpc) is 3.34. The van der Waals surface area contributed by atoms with Crippen LogP contribution in [-0.2, 0) is 26.0 Å². The molecule has 1 aliphatic rings. The normalized spacial score (nSPS) is 16.0. The van der Waals surface area contributed by atoms with E-state index in [9.17, 15) is 27.6 Å². The molecule has 1 saturated heterocycles. The summed E-state index contributed by atoms with van der Waals surface area (Å²) in [6, 6.07) is 7.88. The molecule has 0 bridgehead atoms. The van der Waals surface area contributed by atoms with Gasteiger partial charge in [0.15, 0.2) is 0 Å². The third-order valence-corrected chi connectivity index (χ3v) is 5.61. The number of amides is 5. The Morgan fingerprint density at radius 1 is 1.16 bits per heavy atom. The molecule has 1 fully saturated rings. The molecule has 0 aliphatic carbocycles. The highest BCUT2D eigenvalue weighted by Gasteiger charge is 2.39. The molecule has 0 unspecified atom stereocenters. The minimum absolute atomic E-state index is 0.0831. The fourth-order valence-corrected chi connectivity index (χ4v) is 3.72. The zero-order valence-corrected chi connectivity index (χ0v) is 18.0. The number of nitrogens with zero attached hydrogens (tertiary/aromatic N) is 1. The number of anilines is 1. The van der Waals surface area contributed by atoms with E-state index in [-0.39, 0.29) is 30.0 Å². The monoisotopic (exact) mass is 462 g/mol. The van der Waals surface area contributed by atoms with E-state index in [0.29, 0.717) is 10.7 Å².